The molecule has 0 aliphatic carbocycles. The summed E-state index contributed by atoms with van der Waals surface area (Å²) < 4.78 is 0. The van der Waals surface area contributed by atoms with Crippen LogP contribution in [0, 0.1) is 0 Å². The van der Waals surface area contributed by atoms with Crippen LogP contribution in [0.4, 0.5) is 5.82 Å². The van der Waals surface area contributed by atoms with Crippen LogP contribution in [0.25, 0.3) is 0 Å². The van der Waals surface area contributed by atoms with Crippen molar-refractivity contribution in [2.75, 3.05) is 11.9 Å². The van der Waals surface area contributed by atoms with E-state index in [4.69, 9.17) is 5.73 Å². The van der Waals surface area contributed by atoms with Gasteiger partial charge in [0.15, 0.2) is 0 Å². The van der Waals surface area contributed by atoms with Crippen molar-refractivity contribution in [3.8, 4) is 0 Å². The zero-order chi connectivity index (χ0) is 8.27. The van der Waals surface area contributed by atoms with Gasteiger partial charge in [0.05, 0.1) is 0 Å². The average Bonchev–Trinajstić information content (AvgIpc) is 2.05. The summed E-state index contributed by atoms with van der Waals surface area (Å²) in [6.45, 7) is 0.556. The van der Waals surface area contributed by atoms with E-state index in [0.717, 1.165) is 11.4 Å². The maximum atomic E-state index is 5.42. The molecule has 1 aromatic rings. The summed E-state index contributed by atoms with van der Waals surface area (Å²) in [7, 11) is 3.93. The lowest BCUT2D eigenvalue weighted by molar-refractivity contribution is 1.04. The van der Waals surface area contributed by atoms with Gasteiger partial charge in [-0.3, -0.25) is 0 Å². The van der Waals surface area contributed by atoms with Crippen molar-refractivity contribution in [1.82, 2.24) is 4.98 Å². The van der Waals surface area contributed by atoms with E-state index in [0.29, 0.717) is 6.54 Å². The zero-order valence-electron chi connectivity index (χ0n) is 6.91. The quantitative estimate of drug-likeness (QED) is 0.577. The molecule has 0 aliphatic rings. The Hall–Kier alpha value is -1.03. The van der Waals surface area contributed by atoms with Crippen LogP contribution in [0.3, 0.4) is 0 Å². The van der Waals surface area contributed by atoms with E-state index < -0.39 is 0 Å². The number of anilines is 1. The molecule has 1 rings (SSSR count). The van der Waals surface area contributed by atoms with Crippen LogP contribution in [-0.4, -0.2) is 20.0 Å². The van der Waals surface area contributed by atoms with Crippen molar-refractivity contribution in [1.29, 1.82) is 0 Å². The lowest BCUT2D eigenvalue weighted by atomic mass is 10.2. The molecular formula is C7H12BN3. The van der Waals surface area contributed by atoms with Crippen LogP contribution < -0.4 is 10.5 Å². The first-order chi connectivity index (χ1) is 5.24. The van der Waals surface area contributed by atoms with Crippen molar-refractivity contribution in [2.24, 2.45) is 5.73 Å². The summed E-state index contributed by atoms with van der Waals surface area (Å²) in [5.74, 6) is 0.960. The Bertz CT molecular complexity index is 220. The molecule has 0 radical (unpaired) electrons. The van der Waals surface area contributed by atoms with E-state index in [9.17, 15) is 0 Å². The molecule has 4 heteroatoms. The minimum absolute atomic E-state index is 0.556. The Morgan fingerprint density at radius 2 is 2.36 bits per heavy atom. The molecule has 0 saturated heterocycles. The Labute approximate surface area is 67.7 Å². The minimum Gasteiger partial charge on any atom is -0.410 e. The predicted molar refractivity (Wildman–Crippen MR) is 49.1 cm³/mol. The molecule has 0 aromatic carbocycles. The van der Waals surface area contributed by atoms with Gasteiger partial charge < -0.3 is 10.5 Å². The monoisotopic (exact) mass is 149 g/mol. The molecule has 0 amide bonds. The van der Waals surface area contributed by atoms with Gasteiger partial charge in [-0.2, -0.15) is 0 Å². The molecule has 1 aromatic heterocycles. The van der Waals surface area contributed by atoms with Gasteiger partial charge in [0.1, 0.15) is 5.82 Å². The maximum absolute atomic E-state index is 5.42. The van der Waals surface area contributed by atoms with E-state index in [1.165, 1.54) is 0 Å². The fourth-order valence-electron chi connectivity index (χ4n) is 0.802. The van der Waals surface area contributed by atoms with Gasteiger partial charge in [-0.1, -0.05) is 6.07 Å². The third-order valence-corrected chi connectivity index (χ3v) is 1.50. The van der Waals surface area contributed by atoms with Crippen LogP contribution in [-0.2, 0) is 6.54 Å². The molecule has 58 valence electrons. The van der Waals surface area contributed by atoms with Crippen molar-refractivity contribution in [3.05, 3.63) is 23.9 Å². The second kappa shape index (κ2) is 3.39. The fourth-order valence-corrected chi connectivity index (χ4v) is 0.802. The largest absolute Gasteiger partial charge is 0.410 e. The van der Waals surface area contributed by atoms with Gasteiger partial charge in [0, 0.05) is 12.7 Å². The maximum Gasteiger partial charge on any atom is 0.219 e. The first-order valence-electron chi connectivity index (χ1n) is 3.56. The number of rotatable bonds is 2. The third kappa shape index (κ3) is 1.95. The van der Waals surface area contributed by atoms with E-state index in [1.54, 1.807) is 6.20 Å². The van der Waals surface area contributed by atoms with Gasteiger partial charge in [-0.25, -0.2) is 4.98 Å². The topological polar surface area (TPSA) is 42.1 Å². The Balaban J connectivity index is 2.83. The molecule has 2 N–H and O–H groups in total. The van der Waals surface area contributed by atoms with Crippen molar-refractivity contribution < 1.29 is 0 Å². The fraction of sp³-hybridized carbons (Fsp3) is 0.286. The Morgan fingerprint density at radius 3 is 2.73 bits per heavy atom. The van der Waals surface area contributed by atoms with Crippen LogP contribution in [0.5, 0.6) is 0 Å². The van der Waals surface area contributed by atoms with Gasteiger partial charge in [-0.15, -0.1) is 0 Å². The van der Waals surface area contributed by atoms with Crippen LogP contribution >= 0.6 is 0 Å². The molecule has 0 fully saturated rings. The molecule has 0 spiro atoms. The lowest BCUT2D eigenvalue weighted by Crippen LogP contribution is -2.12. The van der Waals surface area contributed by atoms with Crippen LogP contribution in [0.2, 0.25) is 0 Å². The molecule has 0 aliphatic heterocycles. The highest BCUT2D eigenvalue weighted by Crippen LogP contribution is 2.06. The highest BCUT2D eigenvalue weighted by atomic mass is 15.1. The van der Waals surface area contributed by atoms with Crippen molar-refractivity contribution >= 4 is 13.8 Å². The average molecular weight is 149 g/mol. The molecule has 11 heavy (non-hydrogen) atoms. The third-order valence-electron chi connectivity index (χ3n) is 1.50. The summed E-state index contributed by atoms with van der Waals surface area (Å²) in [4.78, 5) is 6.15. The normalized spacial score (nSPS) is 9.64. The van der Waals surface area contributed by atoms with Crippen LogP contribution in [0.15, 0.2) is 18.3 Å². The predicted octanol–water partition coefficient (Wildman–Crippen LogP) is -0.475. The van der Waals surface area contributed by atoms with E-state index in [2.05, 4.69) is 4.98 Å². The van der Waals surface area contributed by atoms with Gasteiger partial charge in [-0.05, 0) is 18.7 Å². The lowest BCUT2D eigenvalue weighted by Gasteiger charge is -2.10. The Kier molecular flexibility index (Phi) is 2.49. The summed E-state index contributed by atoms with van der Waals surface area (Å²) >= 11 is 0. The SMILES string of the molecule is BN(C)c1ccc(CN)cn1. The first kappa shape index (κ1) is 8.08. The standard InChI is InChI=1S/C7H12BN3/c1-11(8)7-3-2-6(4-9)5-10-7/h2-3,5H,4,8-9H2,1H3. The molecule has 3 nitrogen and oxygen atoms in total. The van der Waals surface area contributed by atoms with Crippen molar-refractivity contribution in [3.63, 3.8) is 0 Å². The number of hydrogen-bond donors (Lipinski definition) is 1. The number of pyridine rings is 1. The second-order valence-electron chi connectivity index (χ2n) is 2.62. The van der Waals surface area contributed by atoms with E-state index in [-0.39, 0.29) is 0 Å². The van der Waals surface area contributed by atoms with E-state index in [1.807, 2.05) is 32.0 Å². The Morgan fingerprint density at radius 1 is 1.64 bits per heavy atom. The smallest absolute Gasteiger partial charge is 0.219 e. The molecule has 0 bridgehead atoms. The zero-order valence-corrected chi connectivity index (χ0v) is 6.91. The number of nitrogens with zero attached hydrogens (tertiary/aromatic N) is 2. The van der Waals surface area contributed by atoms with Crippen LogP contribution in [0.1, 0.15) is 5.56 Å². The highest BCUT2D eigenvalue weighted by Gasteiger charge is 1.94. The molecule has 1 heterocycles. The summed E-state index contributed by atoms with van der Waals surface area (Å²) in [5, 5.41) is 0. The molecule has 0 saturated carbocycles. The van der Waals surface area contributed by atoms with Crippen molar-refractivity contribution in [2.45, 2.75) is 6.54 Å². The highest BCUT2D eigenvalue weighted by molar-refractivity contribution is 6.16. The summed E-state index contributed by atoms with van der Waals surface area (Å²) in [6, 6.07) is 3.95. The number of hydrogen-bond acceptors (Lipinski definition) is 3. The molecule has 0 unspecified atom stereocenters. The summed E-state index contributed by atoms with van der Waals surface area (Å²) in [6.07, 6.45) is 1.80. The second-order valence-corrected chi connectivity index (χ2v) is 2.62. The number of nitrogens with two attached hydrogens (primary N) is 1. The van der Waals surface area contributed by atoms with Gasteiger partial charge in [0.25, 0.3) is 0 Å². The molecular weight excluding hydrogens is 137 g/mol. The van der Waals surface area contributed by atoms with Gasteiger partial charge in [0.2, 0.25) is 7.98 Å². The number of aromatic nitrogens is 1. The summed E-state index contributed by atoms with van der Waals surface area (Å²) in [5.41, 5.74) is 6.49. The minimum atomic E-state index is 0.556. The van der Waals surface area contributed by atoms with Gasteiger partial charge >= 0.3 is 0 Å². The van der Waals surface area contributed by atoms with E-state index >= 15 is 0 Å². The first-order valence-corrected chi connectivity index (χ1v) is 3.56. The molecule has 0 atom stereocenters.